The van der Waals surface area contributed by atoms with E-state index in [1.165, 1.54) is 44.0 Å². The Kier molecular flexibility index (Phi) is 8.71. The molecule has 268 valence electrons. The Balaban J connectivity index is 1.03. The summed E-state index contributed by atoms with van der Waals surface area (Å²) in [7, 11) is 0. The zero-order valence-corrected chi connectivity index (χ0v) is 31.0. The molecule has 0 N–H and O–H groups in total. The number of amidine groups is 1. The van der Waals surface area contributed by atoms with Crippen LogP contribution >= 0.6 is 0 Å². The lowest BCUT2D eigenvalue weighted by molar-refractivity contribution is 0.445. The maximum Gasteiger partial charge on any atom is 0.135 e. The number of hydrogen-bond acceptors (Lipinski definition) is 2. The number of allylic oxidation sites excluding steroid dienone is 11. The Labute approximate surface area is 323 Å². The fraction of sp³-hybridized carbons (Fsp3) is 0.192. The molecule has 3 heteroatoms. The minimum absolute atomic E-state index is 0.0655. The first kappa shape index (κ1) is 33.5. The van der Waals surface area contributed by atoms with Gasteiger partial charge >= 0.3 is 0 Å². The van der Waals surface area contributed by atoms with Crippen LogP contribution in [0.2, 0.25) is 0 Å². The highest BCUT2D eigenvalue weighted by atomic mass is 16.3. The van der Waals surface area contributed by atoms with Gasteiger partial charge in [-0.15, -0.1) is 0 Å². The summed E-state index contributed by atoms with van der Waals surface area (Å²) < 4.78 is 6.79. The van der Waals surface area contributed by atoms with Gasteiger partial charge in [0.25, 0.3) is 0 Å². The molecule has 0 bridgehead atoms. The van der Waals surface area contributed by atoms with E-state index in [2.05, 4.69) is 146 Å². The van der Waals surface area contributed by atoms with Crippen molar-refractivity contribution in [2.75, 3.05) is 0 Å². The molecule has 0 aliphatic heterocycles. The first-order chi connectivity index (χ1) is 27.3. The van der Waals surface area contributed by atoms with Crippen LogP contribution in [-0.4, -0.2) is 12.1 Å². The van der Waals surface area contributed by atoms with Crippen LogP contribution in [0, 0.1) is 17.8 Å². The van der Waals surface area contributed by atoms with Crippen LogP contribution in [0.5, 0.6) is 0 Å². The Bertz CT molecular complexity index is 2650. The van der Waals surface area contributed by atoms with Crippen molar-refractivity contribution < 1.29 is 4.42 Å². The normalized spacial score (nSPS) is 24.2. The molecule has 0 saturated heterocycles. The number of nitrogens with zero attached hydrogens (tertiary/aromatic N) is 2. The van der Waals surface area contributed by atoms with Gasteiger partial charge < -0.3 is 4.42 Å². The van der Waals surface area contributed by atoms with Crippen molar-refractivity contribution in [3.8, 4) is 0 Å². The van der Waals surface area contributed by atoms with Crippen molar-refractivity contribution in [2.45, 2.75) is 44.1 Å². The highest BCUT2D eigenvalue weighted by molar-refractivity contribution is 5.98. The second-order valence-electron chi connectivity index (χ2n) is 15.4. The number of hydrogen-bond donors (Lipinski definition) is 0. The van der Waals surface area contributed by atoms with Crippen molar-refractivity contribution in [3.63, 3.8) is 0 Å². The molecule has 10 rings (SSSR count). The number of fused-ring (bicyclic) bond motifs is 5. The molecular weight excluding hydrogens is 669 g/mol. The van der Waals surface area contributed by atoms with Gasteiger partial charge in [0.1, 0.15) is 16.8 Å². The summed E-state index contributed by atoms with van der Waals surface area (Å²) in [6.07, 6.45) is 31.0. The quantitative estimate of drug-likeness (QED) is 0.122. The lowest BCUT2D eigenvalue weighted by Crippen LogP contribution is -2.41. The highest BCUT2D eigenvalue weighted by Crippen LogP contribution is 2.60. The lowest BCUT2D eigenvalue weighted by Gasteiger charge is -2.41. The molecule has 0 fully saturated rings. The zero-order chi connectivity index (χ0) is 36.6. The van der Waals surface area contributed by atoms with E-state index in [0.717, 1.165) is 54.5 Å². The van der Waals surface area contributed by atoms with Crippen molar-refractivity contribution >= 4 is 40.7 Å². The Morgan fingerprint density at radius 3 is 2.44 bits per heavy atom. The molecule has 5 aliphatic rings. The van der Waals surface area contributed by atoms with E-state index in [9.17, 15) is 0 Å². The van der Waals surface area contributed by atoms with Crippen LogP contribution in [0.1, 0.15) is 54.4 Å². The van der Waals surface area contributed by atoms with Crippen LogP contribution in [0.3, 0.4) is 0 Å². The second-order valence-corrected chi connectivity index (χ2v) is 15.4. The van der Waals surface area contributed by atoms with Crippen molar-refractivity contribution in [1.29, 1.82) is 0 Å². The molecule has 4 atom stereocenters. The predicted molar refractivity (Wildman–Crippen MR) is 228 cm³/mol. The summed E-state index contributed by atoms with van der Waals surface area (Å²) >= 11 is 0. The zero-order valence-electron chi connectivity index (χ0n) is 31.0. The van der Waals surface area contributed by atoms with Gasteiger partial charge in [-0.25, -0.2) is 4.99 Å². The van der Waals surface area contributed by atoms with Crippen LogP contribution in [0.15, 0.2) is 189 Å². The minimum atomic E-state index is -0.246. The summed E-state index contributed by atoms with van der Waals surface area (Å²) in [5, 5.41) is 2.43. The van der Waals surface area contributed by atoms with Crippen molar-refractivity contribution in [2.24, 2.45) is 27.7 Å². The van der Waals surface area contributed by atoms with Crippen molar-refractivity contribution in [1.82, 2.24) is 0 Å². The highest BCUT2D eigenvalue weighted by Gasteiger charge is 2.54. The second kappa shape index (κ2) is 14.3. The molecule has 3 nitrogen and oxygen atoms in total. The van der Waals surface area contributed by atoms with Crippen LogP contribution in [-0.2, 0) is 12.0 Å². The number of benzene rings is 4. The van der Waals surface area contributed by atoms with Gasteiger partial charge in [0.05, 0.1) is 12.0 Å². The monoisotopic (exact) mass is 712 g/mol. The summed E-state index contributed by atoms with van der Waals surface area (Å²) in [4.78, 5) is 10.1. The SMILES string of the molecule is C1=CC(C(N=Cc2ccccc2)=NCc2ccccc2)CC(c2ccc3oc4c(c3c2)=CC2C3=C(C=CCC3)C(C3=CCCC=C3)(c3ccccc3)C2C=4)=C1. The van der Waals surface area contributed by atoms with E-state index >= 15 is 0 Å². The standard InChI is InChI=1S/C52H44N2O/c1-5-16-36(17-6-1)34-53-51(54-35-37-18-7-2-8-19-37)40-21-15-20-38(30-40)39-28-29-49-45(31-39)46-32-44-43-26-13-14-27-47(43)52(41-22-9-3-10-23-41,42-24-11-4-12-25-42)48(44)33-50(46)55-49/h1-3,5-11,14-25,27-29,31-34,40,44,48H,4,12-13,26,30,35H2. The maximum absolute atomic E-state index is 6.79. The molecule has 0 amide bonds. The topological polar surface area (TPSA) is 37.9 Å². The lowest BCUT2D eigenvalue weighted by atomic mass is 9.61. The van der Waals surface area contributed by atoms with E-state index in [1.807, 2.05) is 30.5 Å². The van der Waals surface area contributed by atoms with Crippen LogP contribution in [0.25, 0.3) is 28.7 Å². The molecule has 0 radical (unpaired) electrons. The van der Waals surface area contributed by atoms with E-state index in [4.69, 9.17) is 14.4 Å². The Hall–Kier alpha value is -6.06. The van der Waals surface area contributed by atoms with Crippen molar-refractivity contribution in [3.05, 3.63) is 207 Å². The molecule has 5 aromatic rings. The molecule has 55 heavy (non-hydrogen) atoms. The number of furan rings is 1. The molecule has 1 aromatic heterocycles. The Morgan fingerprint density at radius 1 is 0.818 bits per heavy atom. The third-order valence-electron chi connectivity index (χ3n) is 12.2. The van der Waals surface area contributed by atoms with Gasteiger partial charge in [-0.05, 0) is 89.3 Å². The first-order valence-corrected chi connectivity index (χ1v) is 19.9. The van der Waals surface area contributed by atoms with Gasteiger partial charge in [0, 0.05) is 34.6 Å². The van der Waals surface area contributed by atoms with E-state index in [0.29, 0.717) is 12.5 Å². The molecule has 1 heterocycles. The largest absolute Gasteiger partial charge is 0.456 e. The maximum atomic E-state index is 6.79. The predicted octanol–water partition coefficient (Wildman–Crippen LogP) is 10.8. The van der Waals surface area contributed by atoms with Crippen LogP contribution < -0.4 is 10.6 Å². The molecular formula is C52H44N2O. The summed E-state index contributed by atoms with van der Waals surface area (Å²) in [5.41, 5.74) is 12.3. The molecule has 4 aromatic carbocycles. The van der Waals surface area contributed by atoms with Gasteiger partial charge in [-0.1, -0.05) is 157 Å². The third-order valence-corrected chi connectivity index (χ3v) is 12.2. The smallest absolute Gasteiger partial charge is 0.135 e. The van der Waals surface area contributed by atoms with E-state index in [1.54, 1.807) is 5.57 Å². The fourth-order valence-corrected chi connectivity index (χ4v) is 9.71. The minimum Gasteiger partial charge on any atom is -0.456 e. The molecule has 4 unspecified atom stereocenters. The van der Waals surface area contributed by atoms with Gasteiger partial charge in [-0.3, -0.25) is 4.99 Å². The molecule has 0 spiro atoms. The first-order valence-electron chi connectivity index (χ1n) is 19.9. The van der Waals surface area contributed by atoms with Gasteiger partial charge in [0.2, 0.25) is 0 Å². The van der Waals surface area contributed by atoms with Crippen LogP contribution in [0.4, 0.5) is 0 Å². The Morgan fingerprint density at radius 2 is 1.62 bits per heavy atom. The van der Waals surface area contributed by atoms with E-state index < -0.39 is 0 Å². The number of rotatable bonds is 7. The number of aliphatic imine (C=N–C) groups is 2. The fourth-order valence-electron chi connectivity index (χ4n) is 9.71. The van der Waals surface area contributed by atoms with E-state index in [-0.39, 0.29) is 17.3 Å². The van der Waals surface area contributed by atoms with Gasteiger partial charge in [-0.2, -0.15) is 0 Å². The average Bonchev–Trinajstić information content (AvgIpc) is 3.76. The summed E-state index contributed by atoms with van der Waals surface area (Å²) in [5.74, 6) is 1.46. The average molecular weight is 713 g/mol. The molecule has 5 aliphatic carbocycles. The molecule has 0 saturated carbocycles. The van der Waals surface area contributed by atoms with Gasteiger partial charge in [0.15, 0.2) is 0 Å². The summed E-state index contributed by atoms with van der Waals surface area (Å²) in [6, 6.07) is 38.7. The third kappa shape index (κ3) is 5.99. The summed E-state index contributed by atoms with van der Waals surface area (Å²) in [6.45, 7) is 0.598.